The second kappa shape index (κ2) is 60.5. The molecule has 0 saturated carbocycles. The van der Waals surface area contributed by atoms with Gasteiger partial charge in [0.25, 0.3) is 0 Å². The molecule has 0 amide bonds. The number of aliphatic hydroxyl groups is 1. The summed E-state index contributed by atoms with van der Waals surface area (Å²) in [6.07, 6.45) is 46.9. The fourth-order valence-corrected chi connectivity index (χ4v) is 11.6. The first-order valence-electron chi connectivity index (χ1n) is 35.7. The summed E-state index contributed by atoms with van der Waals surface area (Å²) in [5.41, 5.74) is 0. The van der Waals surface area contributed by atoms with Gasteiger partial charge in [0.15, 0.2) is 12.2 Å². The molecule has 0 spiro atoms. The van der Waals surface area contributed by atoms with Crippen molar-refractivity contribution in [1.82, 2.24) is 0 Å². The predicted molar refractivity (Wildman–Crippen MR) is 358 cm³/mol. The molecule has 89 heavy (non-hydrogen) atoms. The van der Waals surface area contributed by atoms with Crippen molar-refractivity contribution in [3.63, 3.8) is 0 Å². The fraction of sp³-hybridized carbons (Fsp3) is 0.886. The zero-order valence-electron chi connectivity index (χ0n) is 57.4. The van der Waals surface area contributed by atoms with Crippen molar-refractivity contribution >= 4 is 39.5 Å². The van der Waals surface area contributed by atoms with Crippen molar-refractivity contribution in [3.05, 3.63) is 24.3 Å². The smallest absolute Gasteiger partial charge is 0.462 e. The van der Waals surface area contributed by atoms with Crippen LogP contribution in [0.25, 0.3) is 0 Å². The average molecular weight is 1310 g/mol. The number of carbonyl (C=O) groups excluding carboxylic acids is 4. The number of unbranched alkanes of at least 4 members (excludes halogenated alkanes) is 31. The molecular formula is C70H132O17P2. The molecule has 0 aromatic carbocycles. The number of allylic oxidation sites excluding steroid dienone is 4. The van der Waals surface area contributed by atoms with Gasteiger partial charge < -0.3 is 33.8 Å². The Morgan fingerprint density at radius 2 is 0.607 bits per heavy atom. The number of phosphoric acid groups is 2. The molecule has 17 nitrogen and oxygen atoms in total. The van der Waals surface area contributed by atoms with Crippen molar-refractivity contribution < 1.29 is 80.2 Å². The lowest BCUT2D eigenvalue weighted by Crippen LogP contribution is -2.30. The Bertz CT molecular complexity index is 1840. The molecule has 0 radical (unpaired) electrons. The zero-order valence-corrected chi connectivity index (χ0v) is 59.2. The van der Waals surface area contributed by atoms with Crippen molar-refractivity contribution in [2.24, 2.45) is 17.8 Å². The highest BCUT2D eigenvalue weighted by molar-refractivity contribution is 7.47. The Morgan fingerprint density at radius 1 is 0.348 bits per heavy atom. The fourth-order valence-electron chi connectivity index (χ4n) is 10.0. The summed E-state index contributed by atoms with van der Waals surface area (Å²) in [6.45, 7) is 11.6. The van der Waals surface area contributed by atoms with Gasteiger partial charge in [0.1, 0.15) is 19.3 Å². The highest BCUT2D eigenvalue weighted by atomic mass is 31.2. The molecule has 0 fully saturated rings. The first kappa shape index (κ1) is 86.5. The standard InChI is InChI=1S/C70H132O17P2/c1-8-9-10-11-12-13-14-15-16-17-21-24-29-37-44-51-67(72)80-57-65(86-69(74)53-46-39-30-25-22-19-18-20-23-27-34-41-48-61(2)3)59-84-88(76,77)82-55-64(71)56-83-89(78,79)85-60-66(87-70(75)54-47-40-33-32-36-43-50-63(6)7)58-81-68(73)52-45-38-31-26-28-35-42-49-62(4)5/h13-16,61-66,71H,8-12,17-60H2,1-7H3,(H,76,77)(H,78,79)/b14-13-,16-15-/t64?,65-,66-/m1/s1. The summed E-state index contributed by atoms with van der Waals surface area (Å²) in [4.78, 5) is 72.4. The number of hydrogen-bond donors (Lipinski definition) is 3. The van der Waals surface area contributed by atoms with Crippen LogP contribution >= 0.6 is 15.6 Å². The quantitative estimate of drug-likeness (QED) is 0.0169. The Kier molecular flexibility index (Phi) is 58.8. The summed E-state index contributed by atoms with van der Waals surface area (Å²) in [6, 6.07) is 0. The van der Waals surface area contributed by atoms with Crippen molar-refractivity contribution in [1.29, 1.82) is 0 Å². The molecule has 0 aromatic rings. The topological polar surface area (TPSA) is 237 Å². The molecule has 0 aliphatic heterocycles. The second-order valence-corrected chi connectivity index (χ2v) is 28.9. The van der Waals surface area contributed by atoms with E-state index in [0.29, 0.717) is 37.5 Å². The first-order valence-corrected chi connectivity index (χ1v) is 38.7. The molecule has 19 heteroatoms. The molecule has 524 valence electrons. The van der Waals surface area contributed by atoms with Gasteiger partial charge in [-0.2, -0.15) is 0 Å². The number of hydrogen-bond acceptors (Lipinski definition) is 15. The van der Waals surface area contributed by atoms with Crippen LogP contribution in [0.5, 0.6) is 0 Å². The third kappa shape index (κ3) is 64.1. The van der Waals surface area contributed by atoms with E-state index >= 15 is 0 Å². The number of phosphoric ester groups is 2. The van der Waals surface area contributed by atoms with E-state index in [0.717, 1.165) is 121 Å². The number of esters is 4. The lowest BCUT2D eigenvalue weighted by Gasteiger charge is -2.21. The van der Waals surface area contributed by atoms with Crippen LogP contribution in [0.3, 0.4) is 0 Å². The highest BCUT2D eigenvalue weighted by Crippen LogP contribution is 2.45. The van der Waals surface area contributed by atoms with Gasteiger partial charge in [0.2, 0.25) is 0 Å². The van der Waals surface area contributed by atoms with Gasteiger partial charge in [0, 0.05) is 25.7 Å². The predicted octanol–water partition coefficient (Wildman–Crippen LogP) is 19.4. The Morgan fingerprint density at radius 3 is 0.910 bits per heavy atom. The van der Waals surface area contributed by atoms with Crippen molar-refractivity contribution in [3.8, 4) is 0 Å². The van der Waals surface area contributed by atoms with Gasteiger partial charge in [-0.1, -0.05) is 272 Å². The van der Waals surface area contributed by atoms with Crippen LogP contribution in [-0.4, -0.2) is 96.7 Å². The van der Waals surface area contributed by atoms with E-state index in [-0.39, 0.29) is 25.7 Å². The molecule has 0 aromatic heterocycles. The van der Waals surface area contributed by atoms with E-state index in [2.05, 4.69) is 72.8 Å². The van der Waals surface area contributed by atoms with Gasteiger partial charge >= 0.3 is 39.5 Å². The minimum atomic E-state index is -4.96. The van der Waals surface area contributed by atoms with Gasteiger partial charge in [-0.05, 0) is 69.1 Å². The third-order valence-electron chi connectivity index (χ3n) is 15.5. The summed E-state index contributed by atoms with van der Waals surface area (Å²) in [7, 11) is -9.91. The minimum Gasteiger partial charge on any atom is -0.462 e. The molecule has 0 rings (SSSR count). The highest BCUT2D eigenvalue weighted by Gasteiger charge is 2.30. The van der Waals surface area contributed by atoms with E-state index in [4.69, 9.17) is 37.0 Å². The van der Waals surface area contributed by atoms with E-state index in [1.54, 1.807) is 0 Å². The van der Waals surface area contributed by atoms with Crippen LogP contribution in [0.15, 0.2) is 24.3 Å². The molecule has 5 atom stereocenters. The summed E-state index contributed by atoms with van der Waals surface area (Å²) in [5, 5.41) is 10.6. The summed E-state index contributed by atoms with van der Waals surface area (Å²) < 4.78 is 68.2. The lowest BCUT2D eigenvalue weighted by atomic mass is 10.0. The van der Waals surface area contributed by atoms with Crippen LogP contribution in [-0.2, 0) is 65.4 Å². The Labute approximate surface area is 542 Å². The molecule has 0 saturated heterocycles. The molecule has 0 heterocycles. The van der Waals surface area contributed by atoms with Gasteiger partial charge in [-0.15, -0.1) is 0 Å². The Hall–Kier alpha value is -2.46. The zero-order chi connectivity index (χ0) is 65.9. The number of ether oxygens (including phenoxy) is 4. The molecule has 3 N–H and O–H groups in total. The number of carbonyl (C=O) groups is 4. The maximum atomic E-state index is 13.0. The molecule has 0 aliphatic rings. The van der Waals surface area contributed by atoms with Crippen LogP contribution in [0, 0.1) is 17.8 Å². The average Bonchev–Trinajstić information content (AvgIpc) is 3.70. The first-order chi connectivity index (χ1) is 42.7. The maximum absolute atomic E-state index is 13.0. The largest absolute Gasteiger partial charge is 0.472 e. The molecule has 0 aliphatic carbocycles. The molecular weight excluding hydrogens is 1170 g/mol. The third-order valence-corrected chi connectivity index (χ3v) is 17.4. The number of rotatable bonds is 66. The van der Waals surface area contributed by atoms with Crippen LogP contribution in [0.2, 0.25) is 0 Å². The van der Waals surface area contributed by atoms with Crippen molar-refractivity contribution in [2.75, 3.05) is 39.6 Å². The van der Waals surface area contributed by atoms with Crippen LogP contribution in [0.1, 0.15) is 325 Å². The van der Waals surface area contributed by atoms with Crippen molar-refractivity contribution in [2.45, 2.75) is 343 Å². The van der Waals surface area contributed by atoms with E-state index in [1.165, 1.54) is 109 Å². The molecule has 3 unspecified atom stereocenters. The summed E-state index contributed by atoms with van der Waals surface area (Å²) in [5.74, 6) is -0.0171. The lowest BCUT2D eigenvalue weighted by molar-refractivity contribution is -0.161. The SMILES string of the molecule is CCCCCC/C=C\C=C/CCCCCCCC(=O)OC[C@H](COP(=O)(O)OCC(O)COP(=O)(O)OC[C@@H](COC(=O)CCCCCCCCCC(C)C)OC(=O)CCCCCCCCC(C)C)OC(=O)CCCCCCCCCCCCCCC(C)C. The van der Waals surface area contributed by atoms with Crippen LogP contribution in [0.4, 0.5) is 0 Å². The van der Waals surface area contributed by atoms with Gasteiger partial charge in [-0.25, -0.2) is 9.13 Å². The Balaban J connectivity index is 5.27. The van der Waals surface area contributed by atoms with Crippen LogP contribution < -0.4 is 0 Å². The summed E-state index contributed by atoms with van der Waals surface area (Å²) >= 11 is 0. The van der Waals surface area contributed by atoms with E-state index < -0.39 is 97.5 Å². The normalized spacial score (nSPS) is 14.4. The number of aliphatic hydroxyl groups excluding tert-OH is 1. The minimum absolute atomic E-state index is 0.0987. The molecule has 0 bridgehead atoms. The van der Waals surface area contributed by atoms with Gasteiger partial charge in [0.05, 0.1) is 26.4 Å². The second-order valence-electron chi connectivity index (χ2n) is 26.0. The van der Waals surface area contributed by atoms with E-state index in [9.17, 15) is 43.2 Å². The van der Waals surface area contributed by atoms with Gasteiger partial charge in [-0.3, -0.25) is 37.3 Å². The monoisotopic (exact) mass is 1310 g/mol. The van der Waals surface area contributed by atoms with E-state index in [1.807, 2.05) is 0 Å². The maximum Gasteiger partial charge on any atom is 0.472 e.